The second-order valence-corrected chi connectivity index (χ2v) is 6.50. The molecule has 0 bridgehead atoms. The largest absolute Gasteiger partial charge is 0.494 e. The Morgan fingerprint density at radius 2 is 2.00 bits per heavy atom. The zero-order valence-electron chi connectivity index (χ0n) is 10.5. The van der Waals surface area contributed by atoms with Gasteiger partial charge in [-0.15, -0.1) is 0 Å². The molecular formula is C13H21NOS. The van der Waals surface area contributed by atoms with Gasteiger partial charge in [0.15, 0.2) is 0 Å². The molecule has 0 saturated carbocycles. The van der Waals surface area contributed by atoms with Crippen LogP contribution in [0, 0.1) is 0 Å². The van der Waals surface area contributed by atoms with Gasteiger partial charge >= 0.3 is 0 Å². The Hall–Kier alpha value is -0.830. The molecule has 2 nitrogen and oxygen atoms in total. The maximum absolute atomic E-state index is 5.80. The fraction of sp³-hybridized carbons (Fsp3) is 0.538. The Balaban J connectivity index is 2.79. The van der Waals surface area contributed by atoms with Gasteiger partial charge in [-0.05, 0) is 25.1 Å². The summed E-state index contributed by atoms with van der Waals surface area (Å²) in [6, 6.07) is 5.84. The second-order valence-electron chi connectivity index (χ2n) is 4.70. The second kappa shape index (κ2) is 5.48. The summed E-state index contributed by atoms with van der Waals surface area (Å²) in [5, 5.41) is 0. The average molecular weight is 239 g/mol. The fourth-order valence-corrected chi connectivity index (χ4v) is 2.12. The van der Waals surface area contributed by atoms with Crippen molar-refractivity contribution < 1.29 is 4.74 Å². The molecule has 0 atom stereocenters. The maximum atomic E-state index is 5.80. The van der Waals surface area contributed by atoms with Crippen molar-refractivity contribution in [3.05, 3.63) is 23.8 Å². The van der Waals surface area contributed by atoms with Gasteiger partial charge in [0, 0.05) is 21.8 Å². The standard InChI is InChI=1S/C13H21NOS/c1-5-15-12-7-6-11(14)8-10(12)9-16-13(2,3)4/h6-8H,5,9,14H2,1-4H3. The van der Waals surface area contributed by atoms with E-state index in [1.54, 1.807) is 0 Å². The lowest BCUT2D eigenvalue weighted by Crippen LogP contribution is -2.08. The lowest BCUT2D eigenvalue weighted by Gasteiger charge is -2.19. The van der Waals surface area contributed by atoms with E-state index in [2.05, 4.69) is 20.8 Å². The molecule has 0 radical (unpaired) electrons. The average Bonchev–Trinajstić information content (AvgIpc) is 2.17. The summed E-state index contributed by atoms with van der Waals surface area (Å²) in [4.78, 5) is 0. The number of anilines is 1. The Bertz CT molecular complexity index is 344. The van der Waals surface area contributed by atoms with Crippen LogP contribution in [0.15, 0.2) is 18.2 Å². The van der Waals surface area contributed by atoms with Gasteiger partial charge in [-0.3, -0.25) is 0 Å². The Kier molecular flexibility index (Phi) is 4.54. The molecular weight excluding hydrogens is 218 g/mol. The summed E-state index contributed by atoms with van der Waals surface area (Å²) in [6.07, 6.45) is 0. The van der Waals surface area contributed by atoms with Crippen molar-refractivity contribution >= 4 is 17.4 Å². The molecule has 0 fully saturated rings. The number of hydrogen-bond acceptors (Lipinski definition) is 3. The van der Waals surface area contributed by atoms with Crippen molar-refractivity contribution in [2.75, 3.05) is 12.3 Å². The van der Waals surface area contributed by atoms with E-state index < -0.39 is 0 Å². The highest BCUT2D eigenvalue weighted by Crippen LogP contribution is 2.32. The van der Waals surface area contributed by atoms with Crippen LogP contribution in [0.1, 0.15) is 33.3 Å². The first-order chi connectivity index (χ1) is 7.42. The maximum Gasteiger partial charge on any atom is 0.123 e. The number of nitrogens with two attached hydrogens (primary N) is 1. The van der Waals surface area contributed by atoms with Crippen LogP contribution in [0.25, 0.3) is 0 Å². The number of nitrogen functional groups attached to an aromatic ring is 1. The quantitative estimate of drug-likeness (QED) is 0.814. The van der Waals surface area contributed by atoms with Crippen LogP contribution >= 0.6 is 11.8 Å². The predicted molar refractivity (Wildman–Crippen MR) is 73.1 cm³/mol. The van der Waals surface area contributed by atoms with Gasteiger partial charge in [0.1, 0.15) is 5.75 Å². The van der Waals surface area contributed by atoms with Crippen molar-refractivity contribution in [1.29, 1.82) is 0 Å². The lowest BCUT2D eigenvalue weighted by molar-refractivity contribution is 0.337. The smallest absolute Gasteiger partial charge is 0.123 e. The van der Waals surface area contributed by atoms with Crippen LogP contribution in [-0.2, 0) is 5.75 Å². The molecule has 90 valence electrons. The minimum atomic E-state index is 0.258. The van der Waals surface area contributed by atoms with E-state index in [1.807, 2.05) is 36.9 Å². The van der Waals surface area contributed by atoms with E-state index in [9.17, 15) is 0 Å². The number of thioether (sulfide) groups is 1. The van der Waals surface area contributed by atoms with Gasteiger partial charge in [-0.25, -0.2) is 0 Å². The molecule has 0 aliphatic rings. The molecule has 3 heteroatoms. The normalized spacial score (nSPS) is 11.5. The lowest BCUT2D eigenvalue weighted by atomic mass is 10.2. The third kappa shape index (κ3) is 4.35. The van der Waals surface area contributed by atoms with Gasteiger partial charge in [0.25, 0.3) is 0 Å². The number of benzene rings is 1. The van der Waals surface area contributed by atoms with Crippen LogP contribution < -0.4 is 10.5 Å². The Morgan fingerprint density at radius 1 is 1.31 bits per heavy atom. The van der Waals surface area contributed by atoms with Crippen LogP contribution in [0.5, 0.6) is 5.75 Å². The number of hydrogen-bond donors (Lipinski definition) is 1. The van der Waals surface area contributed by atoms with Crippen molar-refractivity contribution in [3.63, 3.8) is 0 Å². The first-order valence-electron chi connectivity index (χ1n) is 5.57. The molecule has 0 aliphatic carbocycles. The highest BCUT2D eigenvalue weighted by Gasteiger charge is 2.12. The fourth-order valence-electron chi connectivity index (χ4n) is 1.30. The number of ether oxygens (including phenoxy) is 1. The van der Waals surface area contributed by atoms with Crippen molar-refractivity contribution in [2.24, 2.45) is 0 Å². The van der Waals surface area contributed by atoms with E-state index in [0.29, 0.717) is 6.61 Å². The molecule has 0 saturated heterocycles. The molecule has 0 amide bonds. The van der Waals surface area contributed by atoms with Crippen molar-refractivity contribution in [2.45, 2.75) is 38.2 Å². The molecule has 1 aromatic rings. The highest BCUT2D eigenvalue weighted by molar-refractivity contribution is 7.99. The summed E-state index contributed by atoms with van der Waals surface area (Å²) in [5.74, 6) is 1.89. The third-order valence-corrected chi connectivity index (χ3v) is 3.37. The van der Waals surface area contributed by atoms with Gasteiger partial charge in [0.2, 0.25) is 0 Å². The van der Waals surface area contributed by atoms with Crippen molar-refractivity contribution in [1.82, 2.24) is 0 Å². The van der Waals surface area contributed by atoms with E-state index in [1.165, 1.54) is 5.56 Å². The van der Waals surface area contributed by atoms with Gasteiger partial charge < -0.3 is 10.5 Å². The highest BCUT2D eigenvalue weighted by atomic mass is 32.2. The van der Waals surface area contributed by atoms with Crippen LogP contribution in [0.3, 0.4) is 0 Å². The summed E-state index contributed by atoms with van der Waals surface area (Å²) in [6.45, 7) is 9.33. The van der Waals surface area contributed by atoms with E-state index in [4.69, 9.17) is 10.5 Å². The summed E-state index contributed by atoms with van der Waals surface area (Å²) in [7, 11) is 0. The minimum absolute atomic E-state index is 0.258. The van der Waals surface area contributed by atoms with E-state index in [0.717, 1.165) is 17.2 Å². The molecule has 1 aromatic carbocycles. The van der Waals surface area contributed by atoms with E-state index in [-0.39, 0.29) is 4.75 Å². The molecule has 0 aliphatic heterocycles. The first-order valence-corrected chi connectivity index (χ1v) is 6.56. The van der Waals surface area contributed by atoms with Gasteiger partial charge in [0.05, 0.1) is 6.61 Å². The molecule has 2 N–H and O–H groups in total. The van der Waals surface area contributed by atoms with Crippen LogP contribution in [-0.4, -0.2) is 11.4 Å². The first kappa shape index (κ1) is 13.2. The van der Waals surface area contributed by atoms with E-state index >= 15 is 0 Å². The Labute approximate surface area is 103 Å². The monoisotopic (exact) mass is 239 g/mol. The van der Waals surface area contributed by atoms with Crippen molar-refractivity contribution in [3.8, 4) is 5.75 Å². The van der Waals surface area contributed by atoms with Gasteiger partial charge in [-0.1, -0.05) is 20.8 Å². The Morgan fingerprint density at radius 3 is 2.56 bits per heavy atom. The minimum Gasteiger partial charge on any atom is -0.494 e. The molecule has 1 rings (SSSR count). The molecule has 0 spiro atoms. The topological polar surface area (TPSA) is 35.2 Å². The SMILES string of the molecule is CCOc1ccc(N)cc1CSC(C)(C)C. The summed E-state index contributed by atoms with van der Waals surface area (Å²) in [5.41, 5.74) is 7.78. The summed E-state index contributed by atoms with van der Waals surface area (Å²) < 4.78 is 5.85. The molecule has 0 aromatic heterocycles. The van der Waals surface area contributed by atoms with Crippen LogP contribution in [0.4, 0.5) is 5.69 Å². The zero-order chi connectivity index (χ0) is 12.2. The molecule has 0 heterocycles. The molecule has 16 heavy (non-hydrogen) atoms. The zero-order valence-corrected chi connectivity index (χ0v) is 11.4. The van der Waals surface area contributed by atoms with Crippen LogP contribution in [0.2, 0.25) is 0 Å². The van der Waals surface area contributed by atoms with Gasteiger partial charge in [-0.2, -0.15) is 11.8 Å². The third-order valence-electron chi connectivity index (χ3n) is 2.05. The number of rotatable bonds is 4. The summed E-state index contributed by atoms with van der Waals surface area (Å²) >= 11 is 1.90. The predicted octanol–water partition coefficient (Wildman–Crippen LogP) is 3.70. The molecule has 0 unspecified atom stereocenters.